The molecular formula is C15H18N2O3. The fourth-order valence-corrected chi connectivity index (χ4v) is 2.65. The molecule has 5 heteroatoms. The lowest BCUT2D eigenvalue weighted by Gasteiger charge is -2.20. The molecule has 3 rings (SSSR count). The van der Waals surface area contributed by atoms with Crippen LogP contribution in [0.4, 0.5) is 0 Å². The molecule has 0 aromatic carbocycles. The molecule has 0 spiro atoms. The van der Waals surface area contributed by atoms with Crippen LogP contribution in [0.2, 0.25) is 0 Å². The van der Waals surface area contributed by atoms with Crippen molar-refractivity contribution in [2.75, 3.05) is 20.3 Å². The highest BCUT2D eigenvalue weighted by atomic mass is 16.5. The summed E-state index contributed by atoms with van der Waals surface area (Å²) in [6, 6.07) is 3.58. The van der Waals surface area contributed by atoms with Crippen LogP contribution >= 0.6 is 0 Å². The Morgan fingerprint density at radius 2 is 2.40 bits per heavy atom. The van der Waals surface area contributed by atoms with Crippen molar-refractivity contribution in [3.63, 3.8) is 0 Å². The number of fused-ring (bicyclic) bond motifs is 1. The van der Waals surface area contributed by atoms with Gasteiger partial charge < -0.3 is 13.9 Å². The molecule has 2 aromatic rings. The molecule has 5 nitrogen and oxygen atoms in total. The lowest BCUT2D eigenvalue weighted by molar-refractivity contribution is 0.0547. The van der Waals surface area contributed by atoms with Crippen molar-refractivity contribution in [1.29, 1.82) is 0 Å². The minimum atomic E-state index is -0.331. The molecule has 106 valence electrons. The Labute approximate surface area is 117 Å². The molecular weight excluding hydrogens is 256 g/mol. The Hall–Kier alpha value is -1.88. The summed E-state index contributed by atoms with van der Waals surface area (Å²) in [7, 11) is 1.38. The van der Waals surface area contributed by atoms with E-state index >= 15 is 0 Å². The Kier molecular flexibility index (Phi) is 3.69. The van der Waals surface area contributed by atoms with Crippen molar-refractivity contribution in [2.24, 2.45) is 5.92 Å². The van der Waals surface area contributed by atoms with Gasteiger partial charge in [-0.1, -0.05) is 0 Å². The second-order valence-corrected chi connectivity index (χ2v) is 5.19. The summed E-state index contributed by atoms with van der Waals surface area (Å²) in [5, 5.41) is 0. The molecule has 2 aromatic heterocycles. The fourth-order valence-electron chi connectivity index (χ4n) is 2.65. The Bertz CT molecular complexity index is 615. The molecule has 0 N–H and O–H groups in total. The average Bonchev–Trinajstić information content (AvgIpc) is 2.88. The van der Waals surface area contributed by atoms with Gasteiger partial charge in [-0.2, -0.15) is 0 Å². The first kappa shape index (κ1) is 13.1. The van der Waals surface area contributed by atoms with Crippen LogP contribution in [-0.4, -0.2) is 35.7 Å². The Morgan fingerprint density at radius 3 is 3.15 bits per heavy atom. The van der Waals surface area contributed by atoms with Gasteiger partial charge in [0.2, 0.25) is 0 Å². The normalized spacial score (nSPS) is 19.1. The summed E-state index contributed by atoms with van der Waals surface area (Å²) in [4.78, 5) is 16.1. The minimum Gasteiger partial charge on any atom is -0.465 e. The smallest absolute Gasteiger partial charge is 0.339 e. The summed E-state index contributed by atoms with van der Waals surface area (Å²) < 4.78 is 12.1. The summed E-state index contributed by atoms with van der Waals surface area (Å²) in [5.74, 6) is 0.219. The van der Waals surface area contributed by atoms with Crippen molar-refractivity contribution < 1.29 is 14.3 Å². The molecule has 1 aliphatic heterocycles. The van der Waals surface area contributed by atoms with Crippen LogP contribution in [-0.2, 0) is 15.9 Å². The first-order valence-electron chi connectivity index (χ1n) is 6.90. The van der Waals surface area contributed by atoms with E-state index < -0.39 is 0 Å². The van der Waals surface area contributed by atoms with Crippen LogP contribution < -0.4 is 0 Å². The number of hydrogen-bond donors (Lipinski definition) is 0. The van der Waals surface area contributed by atoms with Crippen molar-refractivity contribution >= 4 is 11.6 Å². The molecule has 0 radical (unpaired) electrons. The highest BCUT2D eigenvalue weighted by Gasteiger charge is 2.16. The molecule has 0 amide bonds. The predicted molar refractivity (Wildman–Crippen MR) is 73.8 cm³/mol. The van der Waals surface area contributed by atoms with E-state index in [1.165, 1.54) is 13.5 Å². The van der Waals surface area contributed by atoms with E-state index in [1.807, 2.05) is 16.7 Å². The van der Waals surface area contributed by atoms with Gasteiger partial charge in [-0.05, 0) is 37.3 Å². The van der Waals surface area contributed by atoms with Crippen LogP contribution in [0, 0.1) is 5.92 Å². The molecule has 0 bridgehead atoms. The van der Waals surface area contributed by atoms with Crippen molar-refractivity contribution in [3.8, 4) is 0 Å². The van der Waals surface area contributed by atoms with Crippen molar-refractivity contribution in [1.82, 2.24) is 9.38 Å². The van der Waals surface area contributed by atoms with Crippen molar-refractivity contribution in [2.45, 2.75) is 19.3 Å². The van der Waals surface area contributed by atoms with Gasteiger partial charge in [-0.25, -0.2) is 9.78 Å². The van der Waals surface area contributed by atoms with Gasteiger partial charge in [0.15, 0.2) is 0 Å². The molecule has 1 aliphatic rings. The molecule has 1 unspecified atom stereocenters. The zero-order chi connectivity index (χ0) is 13.9. The summed E-state index contributed by atoms with van der Waals surface area (Å²) in [6.07, 6.45) is 6.99. The van der Waals surface area contributed by atoms with Crippen LogP contribution in [0.1, 0.15) is 28.9 Å². The van der Waals surface area contributed by atoms with Gasteiger partial charge in [0.05, 0.1) is 18.4 Å². The topological polar surface area (TPSA) is 52.8 Å². The molecule has 1 saturated heterocycles. The quantitative estimate of drug-likeness (QED) is 0.804. The van der Waals surface area contributed by atoms with E-state index in [9.17, 15) is 4.79 Å². The van der Waals surface area contributed by atoms with E-state index in [1.54, 1.807) is 12.3 Å². The van der Waals surface area contributed by atoms with Gasteiger partial charge in [0.1, 0.15) is 5.65 Å². The van der Waals surface area contributed by atoms with Gasteiger partial charge >= 0.3 is 5.97 Å². The molecule has 3 heterocycles. The molecule has 20 heavy (non-hydrogen) atoms. The first-order valence-corrected chi connectivity index (χ1v) is 6.90. The maximum atomic E-state index is 11.5. The highest BCUT2D eigenvalue weighted by Crippen LogP contribution is 2.19. The highest BCUT2D eigenvalue weighted by molar-refractivity contribution is 5.89. The molecule has 1 fully saturated rings. The lowest BCUT2D eigenvalue weighted by atomic mass is 9.97. The monoisotopic (exact) mass is 274 g/mol. The standard InChI is InChI=1S/C15H18N2O3/c1-19-15(18)12-4-5-14-16-13(9-17(14)8-12)7-11-3-2-6-20-10-11/h4-5,8-9,11H,2-3,6-7,10H2,1H3. The SMILES string of the molecule is COC(=O)c1ccc2nc(CC3CCCOC3)cn2c1. The van der Waals surface area contributed by atoms with Crippen LogP contribution in [0.15, 0.2) is 24.5 Å². The number of rotatable bonds is 3. The maximum absolute atomic E-state index is 11.5. The van der Waals surface area contributed by atoms with Crippen LogP contribution in [0.5, 0.6) is 0 Å². The van der Waals surface area contributed by atoms with Crippen molar-refractivity contribution in [3.05, 3.63) is 35.8 Å². The maximum Gasteiger partial charge on any atom is 0.339 e. The third-order valence-corrected chi connectivity index (χ3v) is 3.67. The van der Waals surface area contributed by atoms with Crippen LogP contribution in [0.3, 0.4) is 0 Å². The zero-order valence-corrected chi connectivity index (χ0v) is 11.5. The van der Waals surface area contributed by atoms with E-state index in [0.29, 0.717) is 11.5 Å². The van der Waals surface area contributed by atoms with Gasteiger partial charge in [0, 0.05) is 25.6 Å². The number of ether oxygens (including phenoxy) is 2. The number of esters is 1. The lowest BCUT2D eigenvalue weighted by Crippen LogP contribution is -2.19. The largest absolute Gasteiger partial charge is 0.465 e. The van der Waals surface area contributed by atoms with E-state index in [0.717, 1.165) is 37.4 Å². The van der Waals surface area contributed by atoms with Gasteiger partial charge in [-0.3, -0.25) is 0 Å². The third kappa shape index (κ3) is 2.67. The number of carbonyl (C=O) groups is 1. The summed E-state index contributed by atoms with van der Waals surface area (Å²) in [5.41, 5.74) is 2.43. The number of aromatic nitrogens is 2. The third-order valence-electron chi connectivity index (χ3n) is 3.67. The second-order valence-electron chi connectivity index (χ2n) is 5.19. The fraction of sp³-hybridized carbons (Fsp3) is 0.467. The van der Waals surface area contributed by atoms with E-state index in [2.05, 4.69) is 4.98 Å². The van der Waals surface area contributed by atoms with E-state index in [4.69, 9.17) is 9.47 Å². The zero-order valence-electron chi connectivity index (χ0n) is 11.5. The number of methoxy groups -OCH3 is 1. The van der Waals surface area contributed by atoms with Gasteiger partial charge in [0.25, 0.3) is 0 Å². The number of hydrogen-bond acceptors (Lipinski definition) is 4. The Balaban J connectivity index is 1.81. The van der Waals surface area contributed by atoms with Gasteiger partial charge in [-0.15, -0.1) is 0 Å². The van der Waals surface area contributed by atoms with E-state index in [-0.39, 0.29) is 5.97 Å². The number of imidazole rings is 1. The number of pyridine rings is 1. The summed E-state index contributed by atoms with van der Waals surface area (Å²) >= 11 is 0. The summed E-state index contributed by atoms with van der Waals surface area (Å²) in [6.45, 7) is 1.70. The number of carbonyl (C=O) groups excluding carboxylic acids is 1. The Morgan fingerprint density at radius 1 is 1.50 bits per heavy atom. The average molecular weight is 274 g/mol. The number of nitrogens with zero attached hydrogens (tertiary/aromatic N) is 2. The predicted octanol–water partition coefficient (Wildman–Crippen LogP) is 2.09. The molecule has 0 saturated carbocycles. The molecule has 1 atom stereocenters. The minimum absolute atomic E-state index is 0.331. The molecule has 0 aliphatic carbocycles. The second kappa shape index (κ2) is 5.63. The van der Waals surface area contributed by atoms with Crippen LogP contribution in [0.25, 0.3) is 5.65 Å². The first-order chi connectivity index (χ1) is 9.76.